The van der Waals surface area contributed by atoms with Crippen molar-refractivity contribution in [2.24, 2.45) is 5.92 Å². The predicted octanol–water partition coefficient (Wildman–Crippen LogP) is 2.14. The number of hydrogen-bond donors (Lipinski definition) is 2. The Kier molecular flexibility index (Phi) is 4.50. The van der Waals surface area contributed by atoms with Crippen LogP contribution in [0.25, 0.3) is 0 Å². The van der Waals surface area contributed by atoms with E-state index in [1.165, 1.54) is 12.8 Å². The Morgan fingerprint density at radius 2 is 2.43 bits per heavy atom. The highest BCUT2D eigenvalue weighted by Crippen LogP contribution is 2.24. The van der Waals surface area contributed by atoms with Crippen LogP contribution in [0.4, 0.5) is 0 Å². The largest absolute Gasteiger partial charge is 0.478 e. The van der Waals surface area contributed by atoms with Gasteiger partial charge in [-0.1, -0.05) is 26.2 Å². The third-order valence-corrected chi connectivity index (χ3v) is 2.74. The molecule has 1 heterocycles. The number of aliphatic carboxylic acids is 1. The second-order valence-electron chi connectivity index (χ2n) is 3.84. The van der Waals surface area contributed by atoms with Crippen LogP contribution in [0.5, 0.6) is 0 Å². The molecule has 0 spiro atoms. The molecule has 0 aromatic carbocycles. The summed E-state index contributed by atoms with van der Waals surface area (Å²) in [5, 5.41) is 12.0. The molecule has 1 aliphatic heterocycles. The van der Waals surface area contributed by atoms with Crippen molar-refractivity contribution in [3.8, 4) is 0 Å². The van der Waals surface area contributed by atoms with Crippen molar-refractivity contribution in [1.29, 1.82) is 0 Å². The Labute approximate surface area is 85.2 Å². The van der Waals surface area contributed by atoms with E-state index < -0.39 is 5.97 Å². The van der Waals surface area contributed by atoms with E-state index in [0.29, 0.717) is 5.57 Å². The zero-order valence-corrected chi connectivity index (χ0v) is 8.75. The molecular formula is C11H19NO2. The summed E-state index contributed by atoms with van der Waals surface area (Å²) in [7, 11) is 0. The second-order valence-corrected chi connectivity index (χ2v) is 3.84. The molecule has 0 fully saturated rings. The van der Waals surface area contributed by atoms with Crippen LogP contribution in [0, 0.1) is 5.92 Å². The summed E-state index contributed by atoms with van der Waals surface area (Å²) in [5.74, 6) is -0.501. The predicted molar refractivity (Wildman–Crippen MR) is 56.0 cm³/mol. The average molecular weight is 197 g/mol. The van der Waals surface area contributed by atoms with E-state index in [4.69, 9.17) is 5.11 Å². The van der Waals surface area contributed by atoms with Crippen LogP contribution >= 0.6 is 0 Å². The second kappa shape index (κ2) is 5.68. The molecule has 3 heteroatoms. The van der Waals surface area contributed by atoms with Crippen molar-refractivity contribution in [3.63, 3.8) is 0 Å². The van der Waals surface area contributed by atoms with E-state index in [-0.39, 0.29) is 5.92 Å². The molecule has 0 amide bonds. The summed E-state index contributed by atoms with van der Waals surface area (Å²) < 4.78 is 0. The van der Waals surface area contributed by atoms with Gasteiger partial charge in [0.05, 0.1) is 5.57 Å². The first-order chi connectivity index (χ1) is 6.75. The molecule has 0 saturated heterocycles. The quantitative estimate of drug-likeness (QED) is 0.664. The molecule has 14 heavy (non-hydrogen) atoms. The van der Waals surface area contributed by atoms with Gasteiger partial charge in [0, 0.05) is 12.7 Å². The van der Waals surface area contributed by atoms with Gasteiger partial charge in [0.2, 0.25) is 0 Å². The van der Waals surface area contributed by atoms with Gasteiger partial charge in [0.25, 0.3) is 0 Å². The summed E-state index contributed by atoms with van der Waals surface area (Å²) in [6.07, 6.45) is 7.19. The summed E-state index contributed by atoms with van der Waals surface area (Å²) in [6, 6.07) is 0. The molecule has 1 atom stereocenters. The van der Waals surface area contributed by atoms with Gasteiger partial charge in [-0.05, 0) is 18.8 Å². The molecule has 0 bridgehead atoms. The van der Waals surface area contributed by atoms with Crippen LogP contribution in [0.1, 0.15) is 39.0 Å². The van der Waals surface area contributed by atoms with Gasteiger partial charge < -0.3 is 10.4 Å². The molecule has 0 saturated carbocycles. The Hall–Kier alpha value is -0.990. The molecular weight excluding hydrogens is 178 g/mol. The van der Waals surface area contributed by atoms with Gasteiger partial charge in [0.15, 0.2) is 0 Å². The topological polar surface area (TPSA) is 49.3 Å². The molecule has 1 unspecified atom stereocenters. The number of carboxylic acid groups (broad SMARTS) is 1. The molecule has 0 aromatic heterocycles. The van der Waals surface area contributed by atoms with E-state index >= 15 is 0 Å². The highest BCUT2D eigenvalue weighted by atomic mass is 16.4. The van der Waals surface area contributed by atoms with E-state index in [0.717, 1.165) is 25.8 Å². The lowest BCUT2D eigenvalue weighted by molar-refractivity contribution is -0.133. The van der Waals surface area contributed by atoms with Crippen molar-refractivity contribution in [3.05, 3.63) is 11.8 Å². The highest BCUT2D eigenvalue weighted by Gasteiger charge is 2.22. The van der Waals surface area contributed by atoms with Crippen molar-refractivity contribution in [1.82, 2.24) is 5.32 Å². The summed E-state index contributed by atoms with van der Waals surface area (Å²) in [4.78, 5) is 10.9. The van der Waals surface area contributed by atoms with E-state index in [9.17, 15) is 4.79 Å². The lowest BCUT2D eigenvalue weighted by atomic mass is 9.89. The monoisotopic (exact) mass is 197 g/mol. The summed E-state index contributed by atoms with van der Waals surface area (Å²) in [5.41, 5.74) is 0.562. The Balaban J connectivity index is 2.44. The first-order valence-corrected chi connectivity index (χ1v) is 5.42. The maximum atomic E-state index is 10.9. The number of rotatable bonds is 5. The molecule has 80 valence electrons. The molecule has 0 radical (unpaired) electrons. The summed E-state index contributed by atoms with van der Waals surface area (Å²) >= 11 is 0. The standard InChI is InChI=1S/C11H19NO2/c1-2-3-4-5-9-6-7-12-8-10(9)11(13)14/h8-9,12H,2-7H2,1H3,(H,13,14). The normalized spacial score (nSPS) is 21.2. The van der Waals surface area contributed by atoms with Crippen molar-refractivity contribution < 1.29 is 9.90 Å². The Morgan fingerprint density at radius 3 is 3.07 bits per heavy atom. The van der Waals surface area contributed by atoms with Crippen LogP contribution in [-0.2, 0) is 4.79 Å². The van der Waals surface area contributed by atoms with E-state index in [2.05, 4.69) is 12.2 Å². The molecule has 0 aromatic rings. The lowest BCUT2D eigenvalue weighted by Gasteiger charge is -2.22. The average Bonchev–Trinajstić information content (AvgIpc) is 2.19. The minimum absolute atomic E-state index is 0.264. The number of nitrogens with one attached hydrogen (secondary N) is 1. The Bertz CT molecular complexity index is 223. The number of carboxylic acids is 1. The third-order valence-electron chi connectivity index (χ3n) is 2.74. The number of hydrogen-bond acceptors (Lipinski definition) is 2. The van der Waals surface area contributed by atoms with Crippen molar-refractivity contribution >= 4 is 5.97 Å². The first-order valence-electron chi connectivity index (χ1n) is 5.42. The minimum atomic E-state index is -0.765. The molecule has 2 N–H and O–H groups in total. The van der Waals surface area contributed by atoms with Crippen LogP contribution in [0.2, 0.25) is 0 Å². The third kappa shape index (κ3) is 3.05. The fraction of sp³-hybridized carbons (Fsp3) is 0.727. The van der Waals surface area contributed by atoms with E-state index in [1.54, 1.807) is 6.20 Å². The van der Waals surface area contributed by atoms with Gasteiger partial charge in [0.1, 0.15) is 0 Å². The zero-order valence-electron chi connectivity index (χ0n) is 8.75. The Morgan fingerprint density at radius 1 is 1.64 bits per heavy atom. The summed E-state index contributed by atoms with van der Waals surface area (Å²) in [6.45, 7) is 3.07. The van der Waals surface area contributed by atoms with Crippen LogP contribution in [0.15, 0.2) is 11.8 Å². The lowest BCUT2D eigenvalue weighted by Crippen LogP contribution is -2.25. The fourth-order valence-corrected chi connectivity index (χ4v) is 1.89. The van der Waals surface area contributed by atoms with Crippen LogP contribution in [-0.4, -0.2) is 17.6 Å². The molecule has 1 aliphatic rings. The van der Waals surface area contributed by atoms with Gasteiger partial charge in [-0.15, -0.1) is 0 Å². The first kappa shape index (κ1) is 11.1. The molecule has 3 nitrogen and oxygen atoms in total. The van der Waals surface area contributed by atoms with Crippen LogP contribution < -0.4 is 5.32 Å². The maximum Gasteiger partial charge on any atom is 0.333 e. The molecule has 0 aliphatic carbocycles. The van der Waals surface area contributed by atoms with Gasteiger partial charge in [-0.3, -0.25) is 0 Å². The van der Waals surface area contributed by atoms with Crippen molar-refractivity contribution in [2.75, 3.05) is 6.54 Å². The van der Waals surface area contributed by atoms with Gasteiger partial charge >= 0.3 is 5.97 Å². The zero-order chi connectivity index (χ0) is 10.4. The fourth-order valence-electron chi connectivity index (χ4n) is 1.89. The molecule has 1 rings (SSSR count). The maximum absolute atomic E-state index is 10.9. The highest BCUT2D eigenvalue weighted by molar-refractivity contribution is 5.87. The van der Waals surface area contributed by atoms with E-state index in [1.807, 2.05) is 0 Å². The SMILES string of the molecule is CCCCCC1CCNC=C1C(=O)O. The van der Waals surface area contributed by atoms with Crippen molar-refractivity contribution in [2.45, 2.75) is 39.0 Å². The van der Waals surface area contributed by atoms with Crippen LogP contribution in [0.3, 0.4) is 0 Å². The van der Waals surface area contributed by atoms with Gasteiger partial charge in [-0.25, -0.2) is 4.79 Å². The number of unbranched alkanes of at least 4 members (excludes halogenated alkanes) is 2. The minimum Gasteiger partial charge on any atom is -0.478 e. The smallest absolute Gasteiger partial charge is 0.333 e. The van der Waals surface area contributed by atoms with Gasteiger partial charge in [-0.2, -0.15) is 0 Å². The number of carbonyl (C=O) groups is 1.